The van der Waals surface area contributed by atoms with Crippen LogP contribution in [0.25, 0.3) is 0 Å². The van der Waals surface area contributed by atoms with Gasteiger partial charge in [0, 0.05) is 32.9 Å². The first-order valence-corrected chi connectivity index (χ1v) is 5.63. The van der Waals surface area contributed by atoms with Crippen LogP contribution in [0, 0.1) is 0 Å². The average molecular weight is 223 g/mol. The fourth-order valence-electron chi connectivity index (χ4n) is 1.39. The second-order valence-electron chi connectivity index (χ2n) is 4.09. The van der Waals surface area contributed by atoms with Gasteiger partial charge in [-0.3, -0.25) is 0 Å². The third-order valence-electron chi connectivity index (χ3n) is 2.58. The summed E-state index contributed by atoms with van der Waals surface area (Å²) in [6, 6.07) is 4.23. The lowest BCUT2D eigenvalue weighted by Gasteiger charge is -2.15. The Hall–Kier alpha value is -1.13. The first-order valence-electron chi connectivity index (χ1n) is 5.63. The summed E-state index contributed by atoms with van der Waals surface area (Å²) in [6.45, 7) is 2.99. The van der Waals surface area contributed by atoms with Crippen LogP contribution in [0.2, 0.25) is 0 Å². The van der Waals surface area contributed by atoms with Crippen molar-refractivity contribution in [2.45, 2.75) is 25.9 Å². The maximum atomic E-state index is 9.04. The van der Waals surface area contributed by atoms with Crippen LogP contribution in [-0.4, -0.2) is 36.8 Å². The number of nitrogens with one attached hydrogen (secondary N) is 1. The van der Waals surface area contributed by atoms with E-state index in [4.69, 9.17) is 5.11 Å². The van der Waals surface area contributed by atoms with Crippen molar-refractivity contribution in [1.29, 1.82) is 0 Å². The number of hydrogen-bond donors (Lipinski definition) is 2. The molecule has 0 aliphatic rings. The normalized spacial score (nSPS) is 12.5. The fourth-order valence-corrected chi connectivity index (χ4v) is 1.39. The van der Waals surface area contributed by atoms with Gasteiger partial charge < -0.3 is 15.3 Å². The molecule has 0 saturated carbocycles. The summed E-state index contributed by atoms with van der Waals surface area (Å²) in [5.74, 6) is 0.956. The van der Waals surface area contributed by atoms with Crippen LogP contribution >= 0.6 is 0 Å². The first kappa shape index (κ1) is 12.9. The minimum atomic E-state index is 0.175. The van der Waals surface area contributed by atoms with Crippen LogP contribution < -0.4 is 10.2 Å². The number of aliphatic hydroxyl groups excluding tert-OH is 1. The molecule has 1 atom stereocenters. The standard InChI is InChI=1S/C12H21N3O/c1-4-11(9-16)13-7-10-5-6-12(14-8-10)15(2)3/h5-6,8,11,13,16H,4,7,9H2,1-3H3/t11-/m1/s1. The fraction of sp³-hybridized carbons (Fsp3) is 0.583. The molecule has 16 heavy (non-hydrogen) atoms. The van der Waals surface area contributed by atoms with E-state index in [1.54, 1.807) is 0 Å². The van der Waals surface area contributed by atoms with Gasteiger partial charge in [-0.1, -0.05) is 13.0 Å². The van der Waals surface area contributed by atoms with E-state index in [9.17, 15) is 0 Å². The zero-order valence-electron chi connectivity index (χ0n) is 10.3. The monoisotopic (exact) mass is 223 g/mol. The molecule has 0 unspecified atom stereocenters. The van der Waals surface area contributed by atoms with E-state index in [2.05, 4.69) is 23.3 Å². The summed E-state index contributed by atoms with van der Waals surface area (Å²) in [5, 5.41) is 12.3. The van der Waals surface area contributed by atoms with Crippen molar-refractivity contribution in [2.75, 3.05) is 25.6 Å². The predicted molar refractivity (Wildman–Crippen MR) is 66.6 cm³/mol. The molecule has 0 aliphatic carbocycles. The molecule has 2 N–H and O–H groups in total. The molecule has 1 rings (SSSR count). The van der Waals surface area contributed by atoms with E-state index in [1.165, 1.54) is 0 Å². The van der Waals surface area contributed by atoms with Gasteiger partial charge in [0.2, 0.25) is 0 Å². The van der Waals surface area contributed by atoms with E-state index in [0.29, 0.717) is 0 Å². The lowest BCUT2D eigenvalue weighted by atomic mass is 10.2. The molecule has 1 heterocycles. The Morgan fingerprint density at radius 2 is 2.19 bits per heavy atom. The second-order valence-corrected chi connectivity index (χ2v) is 4.09. The molecule has 0 aromatic carbocycles. The number of anilines is 1. The lowest BCUT2D eigenvalue weighted by Crippen LogP contribution is -2.31. The topological polar surface area (TPSA) is 48.4 Å². The molecule has 1 aromatic heterocycles. The van der Waals surface area contributed by atoms with Crippen LogP contribution in [-0.2, 0) is 6.54 Å². The summed E-state index contributed by atoms with van der Waals surface area (Å²) in [4.78, 5) is 6.30. The Labute approximate surface area is 97.3 Å². The molecule has 0 radical (unpaired) electrons. The number of pyridine rings is 1. The molecule has 90 valence electrons. The molecule has 0 amide bonds. The number of hydrogen-bond acceptors (Lipinski definition) is 4. The van der Waals surface area contributed by atoms with Crippen LogP contribution in [0.15, 0.2) is 18.3 Å². The number of aliphatic hydroxyl groups is 1. The van der Waals surface area contributed by atoms with Crippen molar-refractivity contribution in [1.82, 2.24) is 10.3 Å². The van der Waals surface area contributed by atoms with Crippen LogP contribution in [0.3, 0.4) is 0 Å². The molecule has 4 nitrogen and oxygen atoms in total. The summed E-state index contributed by atoms with van der Waals surface area (Å²) in [7, 11) is 3.94. The molecule has 0 aliphatic heterocycles. The maximum Gasteiger partial charge on any atom is 0.127 e. The molecule has 0 fully saturated rings. The zero-order chi connectivity index (χ0) is 12.0. The molecular formula is C12H21N3O. The summed E-state index contributed by atoms with van der Waals surface area (Å²) in [6.07, 6.45) is 2.80. The van der Waals surface area contributed by atoms with Crippen molar-refractivity contribution < 1.29 is 5.11 Å². The van der Waals surface area contributed by atoms with E-state index < -0.39 is 0 Å². The second kappa shape index (κ2) is 6.45. The highest BCUT2D eigenvalue weighted by molar-refractivity contribution is 5.37. The van der Waals surface area contributed by atoms with Crippen molar-refractivity contribution in [2.24, 2.45) is 0 Å². The molecule has 1 aromatic rings. The van der Waals surface area contributed by atoms with Gasteiger partial charge in [-0.25, -0.2) is 4.98 Å². The quantitative estimate of drug-likeness (QED) is 0.755. The van der Waals surface area contributed by atoms with E-state index in [-0.39, 0.29) is 12.6 Å². The van der Waals surface area contributed by atoms with Crippen LogP contribution in [0.4, 0.5) is 5.82 Å². The minimum Gasteiger partial charge on any atom is -0.395 e. The molecule has 0 spiro atoms. The molecular weight excluding hydrogens is 202 g/mol. The van der Waals surface area contributed by atoms with Crippen LogP contribution in [0.5, 0.6) is 0 Å². The third kappa shape index (κ3) is 3.79. The SMILES string of the molecule is CC[C@H](CO)NCc1ccc(N(C)C)nc1. The van der Waals surface area contributed by atoms with Gasteiger partial charge in [-0.2, -0.15) is 0 Å². The Morgan fingerprint density at radius 3 is 2.62 bits per heavy atom. The Kier molecular flexibility index (Phi) is 5.22. The highest BCUT2D eigenvalue weighted by Crippen LogP contribution is 2.07. The molecule has 0 saturated heterocycles. The van der Waals surface area contributed by atoms with Gasteiger partial charge in [0.25, 0.3) is 0 Å². The number of nitrogens with zero attached hydrogens (tertiary/aromatic N) is 2. The van der Waals surface area contributed by atoms with Gasteiger partial charge >= 0.3 is 0 Å². The summed E-state index contributed by atoms with van der Waals surface area (Å²) in [5.41, 5.74) is 1.14. The van der Waals surface area contributed by atoms with Crippen LogP contribution in [0.1, 0.15) is 18.9 Å². The average Bonchev–Trinajstić information content (AvgIpc) is 2.31. The van der Waals surface area contributed by atoms with Gasteiger partial charge in [-0.05, 0) is 18.1 Å². The summed E-state index contributed by atoms with van der Waals surface area (Å²) >= 11 is 0. The number of rotatable bonds is 6. The lowest BCUT2D eigenvalue weighted by molar-refractivity contribution is 0.238. The van der Waals surface area contributed by atoms with Crippen molar-refractivity contribution in [3.8, 4) is 0 Å². The minimum absolute atomic E-state index is 0.175. The molecule has 0 bridgehead atoms. The summed E-state index contributed by atoms with van der Waals surface area (Å²) < 4.78 is 0. The maximum absolute atomic E-state index is 9.04. The Balaban J connectivity index is 2.49. The third-order valence-corrected chi connectivity index (χ3v) is 2.58. The van der Waals surface area contributed by atoms with E-state index >= 15 is 0 Å². The van der Waals surface area contributed by atoms with Crippen molar-refractivity contribution in [3.05, 3.63) is 23.9 Å². The Morgan fingerprint density at radius 1 is 1.44 bits per heavy atom. The highest BCUT2D eigenvalue weighted by Gasteiger charge is 2.03. The Bertz CT molecular complexity index is 294. The van der Waals surface area contributed by atoms with Gasteiger partial charge in [-0.15, -0.1) is 0 Å². The van der Waals surface area contributed by atoms with Gasteiger partial charge in [0.15, 0.2) is 0 Å². The van der Waals surface area contributed by atoms with E-state index in [1.807, 2.05) is 31.3 Å². The largest absolute Gasteiger partial charge is 0.395 e. The van der Waals surface area contributed by atoms with E-state index in [0.717, 1.165) is 24.3 Å². The first-order chi connectivity index (χ1) is 7.67. The van der Waals surface area contributed by atoms with Crippen molar-refractivity contribution in [3.63, 3.8) is 0 Å². The van der Waals surface area contributed by atoms with Gasteiger partial charge in [0.1, 0.15) is 5.82 Å². The number of aromatic nitrogens is 1. The highest BCUT2D eigenvalue weighted by atomic mass is 16.3. The molecule has 4 heteroatoms. The zero-order valence-corrected chi connectivity index (χ0v) is 10.3. The smallest absolute Gasteiger partial charge is 0.127 e. The predicted octanol–water partition coefficient (Wildman–Crippen LogP) is 1.01. The van der Waals surface area contributed by atoms with Gasteiger partial charge in [0.05, 0.1) is 6.61 Å². The van der Waals surface area contributed by atoms with Crippen molar-refractivity contribution >= 4 is 5.82 Å².